The number of aromatic amines is 1. The second-order valence-electron chi connectivity index (χ2n) is 5.48. The molecule has 3 rings (SSSR count). The zero-order valence-corrected chi connectivity index (χ0v) is 15.1. The molecule has 1 aromatic carbocycles. The minimum atomic E-state index is -0.718. The Morgan fingerprint density at radius 1 is 1.32 bits per heavy atom. The minimum absolute atomic E-state index is 0.0957. The lowest BCUT2D eigenvalue weighted by molar-refractivity contribution is -0.517. The largest absolute Gasteiger partial charge is 0.502 e. The van der Waals surface area contributed by atoms with Crippen molar-refractivity contribution >= 4 is 35.2 Å². The second kappa shape index (κ2) is 8.69. The maximum Gasteiger partial charge on any atom is 0.384 e. The van der Waals surface area contributed by atoms with Crippen molar-refractivity contribution in [3.8, 4) is 5.75 Å². The lowest BCUT2D eigenvalue weighted by Gasteiger charge is -2.00. The number of aromatic hydroxyl groups is 1. The molecule has 28 heavy (non-hydrogen) atoms. The van der Waals surface area contributed by atoms with E-state index >= 15 is 0 Å². The van der Waals surface area contributed by atoms with Crippen LogP contribution in [0, 0.1) is 10.1 Å². The Balaban J connectivity index is 1.91. The molecule has 9 nitrogen and oxygen atoms in total. The van der Waals surface area contributed by atoms with E-state index in [0.717, 1.165) is 6.07 Å². The molecule has 2 aromatic heterocycles. The topological polar surface area (TPSA) is 129 Å². The monoisotopic (exact) mass is 398 g/mol. The van der Waals surface area contributed by atoms with Crippen LogP contribution in [0.2, 0.25) is 5.02 Å². The predicted molar refractivity (Wildman–Crippen MR) is 102 cm³/mol. The Morgan fingerprint density at radius 2 is 2.14 bits per heavy atom. The average Bonchev–Trinajstić information content (AvgIpc) is 2.70. The molecule has 2 heterocycles. The van der Waals surface area contributed by atoms with Crippen molar-refractivity contribution in [1.29, 1.82) is 0 Å². The summed E-state index contributed by atoms with van der Waals surface area (Å²) < 4.78 is 0. The fourth-order valence-electron chi connectivity index (χ4n) is 2.28. The van der Waals surface area contributed by atoms with E-state index in [1.54, 1.807) is 24.5 Å². The zero-order chi connectivity index (χ0) is 19.9. The number of nitrogens with zero attached hydrogens (tertiary/aromatic N) is 3. The van der Waals surface area contributed by atoms with Crippen molar-refractivity contribution in [2.45, 2.75) is 0 Å². The van der Waals surface area contributed by atoms with Crippen LogP contribution in [0.1, 0.15) is 11.3 Å². The van der Waals surface area contributed by atoms with Crippen LogP contribution < -0.4 is 15.4 Å². The number of aromatic nitrogens is 2. The third-order valence-electron chi connectivity index (χ3n) is 3.55. The first kappa shape index (κ1) is 18.9. The zero-order valence-electron chi connectivity index (χ0n) is 14.3. The number of benzene rings is 1. The van der Waals surface area contributed by atoms with Gasteiger partial charge in [0.25, 0.3) is 0 Å². The molecule has 0 saturated heterocycles. The summed E-state index contributed by atoms with van der Waals surface area (Å²) in [6, 6.07) is 13.3. The molecule has 0 spiro atoms. The highest BCUT2D eigenvalue weighted by Gasteiger charge is 2.19. The first-order valence-electron chi connectivity index (χ1n) is 8.02. The van der Waals surface area contributed by atoms with Gasteiger partial charge < -0.3 is 5.11 Å². The molecule has 4 N–H and O–H groups in total. The number of halogens is 1. The molecule has 0 radical (unpaired) electrons. The van der Waals surface area contributed by atoms with Gasteiger partial charge in [0, 0.05) is 28.9 Å². The smallest absolute Gasteiger partial charge is 0.384 e. The molecule has 10 heteroatoms. The van der Waals surface area contributed by atoms with Gasteiger partial charge in [-0.3, -0.25) is 10.1 Å². The summed E-state index contributed by atoms with van der Waals surface area (Å²) in [4.78, 5) is 20.7. The molecule has 0 saturated carbocycles. The number of hydrogen-bond donors (Lipinski definition) is 3. The van der Waals surface area contributed by atoms with Gasteiger partial charge in [-0.15, -0.1) is 5.43 Å². The van der Waals surface area contributed by atoms with Gasteiger partial charge in [0.15, 0.2) is 5.69 Å². The molecule has 0 aliphatic heterocycles. The van der Waals surface area contributed by atoms with Crippen molar-refractivity contribution in [3.05, 3.63) is 87.3 Å². The number of hydrazone groups is 1. The van der Waals surface area contributed by atoms with E-state index in [-0.39, 0.29) is 10.6 Å². The first-order chi connectivity index (χ1) is 13.5. The molecule has 0 unspecified atom stereocenters. The van der Waals surface area contributed by atoms with Crippen LogP contribution >= 0.6 is 11.6 Å². The summed E-state index contributed by atoms with van der Waals surface area (Å²) in [6.45, 7) is 0. The molecule has 0 aliphatic carbocycles. The highest BCUT2D eigenvalue weighted by atomic mass is 35.5. The average molecular weight is 399 g/mol. The van der Waals surface area contributed by atoms with E-state index in [0.29, 0.717) is 17.3 Å². The number of nitrogens with one attached hydrogen (secondary N) is 3. The predicted octanol–water partition coefficient (Wildman–Crippen LogP) is 0.945. The Labute approximate surface area is 164 Å². The first-order valence-corrected chi connectivity index (χ1v) is 8.40. The lowest BCUT2D eigenvalue weighted by atomic mass is 10.2. The van der Waals surface area contributed by atoms with Crippen LogP contribution in [0.15, 0.2) is 66.0 Å². The Morgan fingerprint density at radius 3 is 2.82 bits per heavy atom. The van der Waals surface area contributed by atoms with E-state index in [9.17, 15) is 15.2 Å². The van der Waals surface area contributed by atoms with Gasteiger partial charge in [0.1, 0.15) is 6.20 Å². The number of nitro groups is 1. The Kier molecular flexibility index (Phi) is 5.87. The minimum Gasteiger partial charge on any atom is -0.502 e. The quantitative estimate of drug-likeness (QED) is 0.255. The van der Waals surface area contributed by atoms with Crippen LogP contribution in [0.5, 0.6) is 5.75 Å². The Bertz CT molecular complexity index is 1040. The number of rotatable bonds is 5. The summed E-state index contributed by atoms with van der Waals surface area (Å²) in [5, 5.41) is 25.2. The number of H-pyrrole nitrogens is 1. The molecular weight excluding hydrogens is 384 g/mol. The van der Waals surface area contributed by atoms with Gasteiger partial charge in [0.05, 0.1) is 11.1 Å². The lowest BCUT2D eigenvalue weighted by Crippen LogP contribution is -2.72. The van der Waals surface area contributed by atoms with Crippen molar-refractivity contribution in [3.63, 3.8) is 0 Å². The molecule has 140 valence electrons. The summed E-state index contributed by atoms with van der Waals surface area (Å²) in [7, 11) is 0. The molecular formula is C18H15ClN6O3+2. The molecule has 3 aromatic rings. The molecule has 0 fully saturated rings. The fourth-order valence-corrected chi connectivity index (χ4v) is 2.50. The molecule has 0 amide bonds. The van der Waals surface area contributed by atoms with Gasteiger partial charge in [0.2, 0.25) is 5.75 Å². The fraction of sp³-hybridized carbons (Fsp3) is 0. The Hall–Kier alpha value is -3.85. The maximum atomic E-state index is 11.0. The number of hydrogen-bond acceptors (Lipinski definition) is 5. The van der Waals surface area contributed by atoms with Gasteiger partial charge in [-0.05, 0) is 30.3 Å². The van der Waals surface area contributed by atoms with E-state index in [1.807, 2.05) is 24.3 Å². The van der Waals surface area contributed by atoms with Crippen molar-refractivity contribution < 1.29 is 20.0 Å². The number of phenolic OH excluding ortho intramolecular Hbond substituents is 1. The number of phenols is 1. The number of nitro benzene ring substituents is 1. The highest BCUT2D eigenvalue weighted by molar-refractivity contribution is 6.31. The number of pyridine rings is 2. The van der Waals surface area contributed by atoms with Crippen LogP contribution in [0.3, 0.4) is 0 Å². The maximum absolute atomic E-state index is 11.0. The second-order valence-corrected chi connectivity index (χ2v) is 5.92. The SMILES string of the molecule is O=[N+]([O-])c1cc(Cl)cc(C=NNC(=[NH+]c2cccc[nH+]2)c2ccccn2)c1O. The van der Waals surface area contributed by atoms with Crippen molar-refractivity contribution in [1.82, 2.24) is 10.4 Å². The molecule has 0 atom stereocenters. The summed E-state index contributed by atoms with van der Waals surface area (Å²) in [5.41, 5.74) is 2.97. The standard InChI is InChI=1S/C18H13ClN6O3/c19-13-9-12(17(26)15(10-13)25(27)28)11-22-24-18(14-5-1-3-7-20-14)23-16-6-2-4-8-21-16/h1-11,26H,(H,21,23,24)/p+2. The van der Waals surface area contributed by atoms with Gasteiger partial charge >= 0.3 is 17.3 Å². The molecule has 0 aliphatic rings. The third kappa shape index (κ3) is 4.65. The summed E-state index contributed by atoms with van der Waals surface area (Å²) in [6.07, 6.45) is 4.61. The molecule has 0 bridgehead atoms. The highest BCUT2D eigenvalue weighted by Crippen LogP contribution is 2.32. The van der Waals surface area contributed by atoms with Crippen LogP contribution in [-0.2, 0) is 0 Å². The van der Waals surface area contributed by atoms with Crippen LogP contribution in [-0.4, -0.2) is 27.1 Å². The van der Waals surface area contributed by atoms with Gasteiger partial charge in [-0.25, -0.2) is 9.97 Å². The van der Waals surface area contributed by atoms with Gasteiger partial charge in [-0.2, -0.15) is 4.99 Å². The van der Waals surface area contributed by atoms with E-state index in [4.69, 9.17) is 11.6 Å². The summed E-state index contributed by atoms with van der Waals surface area (Å²) in [5.74, 6) is 0.617. The third-order valence-corrected chi connectivity index (χ3v) is 3.77. The van der Waals surface area contributed by atoms with E-state index < -0.39 is 16.4 Å². The van der Waals surface area contributed by atoms with Crippen LogP contribution in [0.4, 0.5) is 11.5 Å². The van der Waals surface area contributed by atoms with E-state index in [2.05, 4.69) is 25.5 Å². The van der Waals surface area contributed by atoms with E-state index in [1.165, 1.54) is 12.3 Å². The number of amidine groups is 1. The van der Waals surface area contributed by atoms with Crippen molar-refractivity contribution in [2.75, 3.05) is 0 Å². The van der Waals surface area contributed by atoms with Crippen LogP contribution in [0.25, 0.3) is 0 Å². The van der Waals surface area contributed by atoms with Gasteiger partial charge in [-0.1, -0.05) is 22.8 Å². The van der Waals surface area contributed by atoms with Crippen molar-refractivity contribution in [2.24, 2.45) is 5.10 Å². The normalized spacial score (nSPS) is 11.5. The summed E-state index contributed by atoms with van der Waals surface area (Å²) >= 11 is 5.88.